The summed E-state index contributed by atoms with van der Waals surface area (Å²) in [7, 11) is 1.79. The number of rotatable bonds is 13. The van der Waals surface area contributed by atoms with Crippen LogP contribution in [0.2, 0.25) is 0 Å². The third-order valence-corrected chi connectivity index (χ3v) is 12.3. The molecule has 5 amide bonds. The van der Waals surface area contributed by atoms with Crippen LogP contribution >= 0.6 is 0 Å². The molecule has 16 heteroatoms. The van der Waals surface area contributed by atoms with Crippen molar-refractivity contribution in [3.8, 4) is 22.8 Å². The Hall–Kier alpha value is -6.58. The molecule has 0 radical (unpaired) electrons. The molecule has 62 heavy (non-hydrogen) atoms. The van der Waals surface area contributed by atoms with Gasteiger partial charge >= 0.3 is 6.29 Å². The fourth-order valence-corrected chi connectivity index (χ4v) is 8.34. The first-order chi connectivity index (χ1) is 29.7. The minimum atomic E-state index is -3.75. The van der Waals surface area contributed by atoms with Gasteiger partial charge in [0.2, 0.25) is 29.5 Å². The van der Waals surface area contributed by atoms with Crippen LogP contribution in [0.3, 0.4) is 0 Å². The number of alkyl halides is 2. The molecule has 0 unspecified atom stereocenters. The van der Waals surface area contributed by atoms with E-state index < -0.39 is 11.7 Å². The van der Waals surface area contributed by atoms with Gasteiger partial charge in [-0.05, 0) is 98.5 Å². The highest BCUT2D eigenvalue weighted by molar-refractivity contribution is 6.01. The molecule has 1 aliphatic carbocycles. The molecule has 14 nitrogen and oxygen atoms in total. The quantitative estimate of drug-likeness (QED) is 0.152. The van der Waals surface area contributed by atoms with E-state index in [2.05, 4.69) is 21.4 Å². The zero-order valence-corrected chi connectivity index (χ0v) is 34.7. The summed E-state index contributed by atoms with van der Waals surface area (Å²) in [6.45, 7) is 7.83. The van der Waals surface area contributed by atoms with Crippen LogP contribution < -0.4 is 19.7 Å². The maximum atomic E-state index is 13.7. The van der Waals surface area contributed by atoms with Crippen LogP contribution in [0.5, 0.6) is 11.5 Å². The van der Waals surface area contributed by atoms with Crippen molar-refractivity contribution < 1.29 is 46.6 Å². The number of nitrogens with zero attached hydrogens (tertiary/aromatic N) is 5. The lowest BCUT2D eigenvalue weighted by atomic mass is 9.92. The van der Waals surface area contributed by atoms with Crippen molar-refractivity contribution in [3.63, 3.8) is 0 Å². The summed E-state index contributed by atoms with van der Waals surface area (Å²) >= 11 is 0. The van der Waals surface area contributed by atoms with Crippen LogP contribution in [0.15, 0.2) is 83.8 Å². The number of benzene rings is 2. The largest absolute Gasteiger partial charge is 0.586 e. The molecule has 1 saturated carbocycles. The average molecular weight is 851 g/mol. The lowest BCUT2D eigenvalue weighted by molar-refractivity contribution is -0.286. The van der Waals surface area contributed by atoms with E-state index >= 15 is 0 Å². The Kier molecular flexibility index (Phi) is 11.6. The van der Waals surface area contributed by atoms with Gasteiger partial charge in [0.05, 0.1) is 11.1 Å². The number of halogens is 2. The highest BCUT2D eigenvalue weighted by Gasteiger charge is 2.53. The van der Waals surface area contributed by atoms with Gasteiger partial charge in [-0.1, -0.05) is 30.8 Å². The number of anilines is 2. The second-order valence-corrected chi connectivity index (χ2v) is 16.4. The molecule has 0 bridgehead atoms. The predicted octanol–water partition coefficient (Wildman–Crippen LogP) is 6.34. The Morgan fingerprint density at radius 3 is 2.47 bits per heavy atom. The molecule has 324 valence electrons. The van der Waals surface area contributed by atoms with Crippen molar-refractivity contribution in [2.24, 2.45) is 5.92 Å². The number of amides is 5. The van der Waals surface area contributed by atoms with E-state index in [1.807, 2.05) is 36.1 Å². The third-order valence-electron chi connectivity index (χ3n) is 12.3. The number of pyridine rings is 1. The van der Waals surface area contributed by atoms with Gasteiger partial charge in [-0.2, -0.15) is 0 Å². The number of piperazine rings is 1. The first-order valence-electron chi connectivity index (χ1n) is 20.9. The summed E-state index contributed by atoms with van der Waals surface area (Å²) in [5.41, 5.74) is 2.38. The highest BCUT2D eigenvalue weighted by Crippen LogP contribution is 2.52. The first kappa shape index (κ1) is 42.1. The summed E-state index contributed by atoms with van der Waals surface area (Å²) in [5.74, 6) is 0.595. The summed E-state index contributed by atoms with van der Waals surface area (Å²) < 4.78 is 42.3. The topological polar surface area (TPSA) is 155 Å². The van der Waals surface area contributed by atoms with E-state index in [1.165, 1.54) is 28.0 Å². The predicted molar refractivity (Wildman–Crippen MR) is 224 cm³/mol. The number of ether oxygens (including phenoxy) is 2. The zero-order chi connectivity index (χ0) is 43.8. The zero-order valence-electron chi connectivity index (χ0n) is 34.7. The first-order valence-corrected chi connectivity index (χ1v) is 20.9. The van der Waals surface area contributed by atoms with E-state index in [1.54, 1.807) is 42.3 Å². The Morgan fingerprint density at radius 1 is 0.952 bits per heavy atom. The number of furan rings is 1. The van der Waals surface area contributed by atoms with Gasteiger partial charge in [0, 0.05) is 69.8 Å². The molecular formula is C46H48F2N6O8. The second kappa shape index (κ2) is 17.1. The van der Waals surface area contributed by atoms with Crippen LogP contribution in [0.25, 0.3) is 11.3 Å². The van der Waals surface area contributed by atoms with Gasteiger partial charge in [-0.15, -0.1) is 8.78 Å². The number of aromatic nitrogens is 1. The third kappa shape index (κ3) is 8.90. The lowest BCUT2D eigenvalue weighted by Crippen LogP contribution is -2.52. The van der Waals surface area contributed by atoms with Crippen LogP contribution in [0.1, 0.15) is 65.8 Å². The number of piperidine rings is 1. The number of hydrogen-bond donors (Lipinski definition) is 1. The summed E-state index contributed by atoms with van der Waals surface area (Å²) in [6, 6.07) is 18.8. The lowest BCUT2D eigenvalue weighted by Gasteiger charge is -2.33. The van der Waals surface area contributed by atoms with E-state index in [0.717, 1.165) is 30.4 Å². The van der Waals surface area contributed by atoms with Crippen LogP contribution in [0, 0.1) is 12.8 Å². The Balaban J connectivity index is 0.798. The van der Waals surface area contributed by atoms with E-state index in [4.69, 9.17) is 9.40 Å². The van der Waals surface area contributed by atoms with Gasteiger partial charge in [-0.25, -0.2) is 4.98 Å². The van der Waals surface area contributed by atoms with Gasteiger partial charge < -0.3 is 33.9 Å². The Morgan fingerprint density at radius 2 is 1.73 bits per heavy atom. The molecule has 0 atom stereocenters. The van der Waals surface area contributed by atoms with Gasteiger partial charge in [0.25, 0.3) is 5.91 Å². The van der Waals surface area contributed by atoms with Crippen LogP contribution in [0.4, 0.5) is 20.5 Å². The molecule has 4 aromatic rings. The fraction of sp³-hybridized carbons (Fsp3) is 0.391. The highest BCUT2D eigenvalue weighted by atomic mass is 19.3. The molecule has 1 N–H and O–H groups in total. The molecule has 3 aliphatic heterocycles. The smallest absolute Gasteiger partial charge is 0.445 e. The summed E-state index contributed by atoms with van der Waals surface area (Å²) in [5, 5.41) is 2.92. The molecule has 8 rings (SSSR count). The molecule has 0 spiro atoms. The van der Waals surface area contributed by atoms with Crippen molar-refractivity contribution in [2.75, 3.05) is 56.5 Å². The number of carbonyl (C=O) groups is 5. The molecule has 3 fully saturated rings. The van der Waals surface area contributed by atoms with Gasteiger partial charge in [0.15, 0.2) is 11.5 Å². The Bertz CT molecular complexity index is 2420. The van der Waals surface area contributed by atoms with Gasteiger partial charge in [0.1, 0.15) is 18.1 Å². The van der Waals surface area contributed by atoms with Crippen molar-refractivity contribution in [1.29, 1.82) is 0 Å². The minimum absolute atomic E-state index is 0.00874. The van der Waals surface area contributed by atoms with E-state index in [9.17, 15) is 32.8 Å². The van der Waals surface area contributed by atoms with Crippen molar-refractivity contribution in [2.45, 2.75) is 63.6 Å². The molecular weight excluding hydrogens is 803 g/mol. The van der Waals surface area contributed by atoms with Crippen molar-refractivity contribution in [3.05, 3.63) is 102 Å². The summed E-state index contributed by atoms with van der Waals surface area (Å²) in [4.78, 5) is 76.2. The average Bonchev–Trinajstić information content (AvgIpc) is 3.85. The fourth-order valence-electron chi connectivity index (χ4n) is 8.34. The maximum Gasteiger partial charge on any atom is 0.586 e. The van der Waals surface area contributed by atoms with E-state index in [-0.39, 0.29) is 54.0 Å². The standard InChI is InChI=1S/C46H48F2N6O8/c1-4-38(55)53-24-25-54(40(57)28-53)41-15-11-34(60-41)10-14-39(56)51(3)21-16-30-17-22-52(23-18-30)43(58)32-7-5-6-31(26-32)42-29(2)8-13-37(49-42)50-44(59)45(19-20-45)33-9-12-35-36(27-33)62-46(47,48)61-35/h4-9,11-13,15,26-27,30H,1,10,14,16-25,28H2,2-3H3,(H,49,50,59). The second-order valence-electron chi connectivity index (χ2n) is 16.4. The maximum absolute atomic E-state index is 13.7. The molecule has 2 aromatic carbocycles. The van der Waals surface area contributed by atoms with Crippen molar-refractivity contribution >= 4 is 41.2 Å². The Labute approximate surface area is 357 Å². The van der Waals surface area contributed by atoms with Crippen LogP contribution in [-0.4, -0.2) is 102 Å². The number of likely N-dealkylation sites (tertiary alicyclic amines) is 1. The SMILES string of the molecule is C=CC(=O)N1CCN(c2ccc(CCC(=O)N(C)CCC3CCN(C(=O)c4cccc(-c5nc(NC(=O)C6(c7ccc8c(c7)OC(F)(F)O8)CC6)ccc5C)c4)CC3)o2)C(=O)C1. The normalized spacial score (nSPS) is 17.7. The number of fused-ring (bicyclic) bond motifs is 1. The molecule has 2 aromatic heterocycles. The van der Waals surface area contributed by atoms with Crippen molar-refractivity contribution in [1.82, 2.24) is 19.7 Å². The monoisotopic (exact) mass is 850 g/mol. The molecule has 2 saturated heterocycles. The minimum Gasteiger partial charge on any atom is -0.445 e. The van der Waals surface area contributed by atoms with Gasteiger partial charge in [-0.3, -0.25) is 28.9 Å². The molecule has 4 aliphatic rings. The number of hydrogen-bond acceptors (Lipinski definition) is 9. The molecule has 5 heterocycles. The summed E-state index contributed by atoms with van der Waals surface area (Å²) in [6.07, 6.45) is 1.63. The van der Waals surface area contributed by atoms with Crippen LogP contribution in [-0.2, 0) is 31.0 Å². The number of aryl methyl sites for hydroxylation is 2. The van der Waals surface area contributed by atoms with E-state index in [0.29, 0.717) is 92.2 Å². The number of carbonyl (C=O) groups excluding carboxylic acids is 5. The number of nitrogens with one attached hydrogen (secondary N) is 1.